The van der Waals surface area contributed by atoms with Crippen molar-refractivity contribution in [2.24, 2.45) is 0 Å². The van der Waals surface area contributed by atoms with Crippen LogP contribution in [0.5, 0.6) is 5.75 Å². The van der Waals surface area contributed by atoms with Crippen LogP contribution in [-0.2, 0) is 16.1 Å². The summed E-state index contributed by atoms with van der Waals surface area (Å²) < 4.78 is 6.61. The minimum Gasteiger partial charge on any atom is -0.494 e. The van der Waals surface area contributed by atoms with Crippen molar-refractivity contribution in [3.05, 3.63) is 63.6 Å². The predicted octanol–water partition coefficient (Wildman–Crippen LogP) is 5.21. The third-order valence-corrected chi connectivity index (χ3v) is 5.32. The lowest BCUT2D eigenvalue weighted by Gasteiger charge is -2.29. The first-order valence-corrected chi connectivity index (χ1v) is 11.3. The summed E-state index contributed by atoms with van der Waals surface area (Å²) in [6.07, 6.45) is 1.70. The first kappa shape index (κ1) is 24.2. The summed E-state index contributed by atoms with van der Waals surface area (Å²) in [6.45, 7) is 5.14. The van der Waals surface area contributed by atoms with Gasteiger partial charge in [0, 0.05) is 29.0 Å². The summed E-state index contributed by atoms with van der Waals surface area (Å²) >= 11 is 9.33. The summed E-state index contributed by atoms with van der Waals surface area (Å²) in [4.78, 5) is 27.1. The number of ether oxygens (including phenoxy) is 1. The Hall–Kier alpha value is -2.05. The molecule has 0 bridgehead atoms. The number of nitrogens with one attached hydrogen (secondary N) is 1. The average Bonchev–Trinajstić information content (AvgIpc) is 2.74. The van der Waals surface area contributed by atoms with E-state index in [2.05, 4.69) is 21.2 Å². The highest BCUT2D eigenvalue weighted by atomic mass is 79.9. The first-order chi connectivity index (χ1) is 14.4. The minimum atomic E-state index is -0.555. The third-order valence-electron chi connectivity index (χ3n) is 4.58. The van der Waals surface area contributed by atoms with E-state index in [9.17, 15) is 9.59 Å². The van der Waals surface area contributed by atoms with Gasteiger partial charge in [0.25, 0.3) is 0 Å². The zero-order chi connectivity index (χ0) is 21.9. The third kappa shape index (κ3) is 8.00. The molecule has 0 saturated heterocycles. The van der Waals surface area contributed by atoms with Crippen LogP contribution in [0.3, 0.4) is 0 Å². The van der Waals surface area contributed by atoms with Gasteiger partial charge in [-0.3, -0.25) is 9.59 Å². The molecular formula is C23H28BrClN2O3. The Bertz CT molecular complexity index is 829. The lowest BCUT2D eigenvalue weighted by Crippen LogP contribution is -2.47. The number of nitrogens with zero attached hydrogens (tertiary/aromatic N) is 1. The van der Waals surface area contributed by atoms with Crippen molar-refractivity contribution in [1.29, 1.82) is 0 Å². The maximum absolute atomic E-state index is 13.0. The molecule has 0 aliphatic carbocycles. The second-order valence-corrected chi connectivity index (χ2v) is 8.38. The summed E-state index contributed by atoms with van der Waals surface area (Å²) in [5.41, 5.74) is 0.963. The fourth-order valence-electron chi connectivity index (χ4n) is 2.90. The van der Waals surface area contributed by atoms with Gasteiger partial charge in [-0.25, -0.2) is 0 Å². The number of benzene rings is 2. The standard InChI is InChI=1S/C23H28BrClN2O3/c1-3-13-26-23(29)17(2)27(16-18-6-4-7-19(24)15-18)22(28)8-5-14-30-21-11-9-20(25)10-12-21/h4,6-7,9-12,15,17H,3,5,8,13-14,16H2,1-2H3,(H,26,29)/t17-/m0/s1. The van der Waals surface area contributed by atoms with Crippen molar-refractivity contribution in [3.8, 4) is 5.75 Å². The molecule has 0 aliphatic rings. The first-order valence-electron chi connectivity index (χ1n) is 10.1. The van der Waals surface area contributed by atoms with Crippen molar-refractivity contribution in [2.45, 2.75) is 45.7 Å². The highest BCUT2D eigenvalue weighted by Crippen LogP contribution is 2.18. The van der Waals surface area contributed by atoms with Gasteiger partial charge in [0.15, 0.2) is 0 Å². The molecule has 162 valence electrons. The van der Waals surface area contributed by atoms with Crippen molar-refractivity contribution < 1.29 is 14.3 Å². The Morgan fingerprint density at radius 2 is 1.93 bits per heavy atom. The van der Waals surface area contributed by atoms with Crippen molar-refractivity contribution in [1.82, 2.24) is 10.2 Å². The van der Waals surface area contributed by atoms with E-state index in [1.807, 2.05) is 31.2 Å². The Morgan fingerprint density at radius 3 is 2.60 bits per heavy atom. The molecule has 0 aromatic heterocycles. The summed E-state index contributed by atoms with van der Waals surface area (Å²) in [6, 6.07) is 14.3. The van der Waals surface area contributed by atoms with E-state index >= 15 is 0 Å². The lowest BCUT2D eigenvalue weighted by molar-refractivity contribution is -0.140. The molecular weight excluding hydrogens is 468 g/mol. The molecule has 0 unspecified atom stereocenters. The van der Waals surface area contributed by atoms with Gasteiger partial charge in [-0.15, -0.1) is 0 Å². The maximum Gasteiger partial charge on any atom is 0.242 e. The maximum atomic E-state index is 13.0. The molecule has 0 spiro atoms. The van der Waals surface area contributed by atoms with Gasteiger partial charge in [0.05, 0.1) is 6.61 Å². The monoisotopic (exact) mass is 494 g/mol. The van der Waals surface area contributed by atoms with Gasteiger partial charge in [0.2, 0.25) is 11.8 Å². The molecule has 2 aromatic rings. The van der Waals surface area contributed by atoms with Crippen LogP contribution in [0.25, 0.3) is 0 Å². The summed E-state index contributed by atoms with van der Waals surface area (Å²) in [7, 11) is 0. The number of hydrogen-bond donors (Lipinski definition) is 1. The molecule has 2 amide bonds. The lowest BCUT2D eigenvalue weighted by atomic mass is 10.1. The molecule has 2 aromatic carbocycles. The van der Waals surface area contributed by atoms with E-state index in [-0.39, 0.29) is 11.8 Å². The summed E-state index contributed by atoms with van der Waals surface area (Å²) in [5, 5.41) is 3.53. The molecule has 0 saturated carbocycles. The molecule has 1 atom stereocenters. The quantitative estimate of drug-likeness (QED) is 0.436. The molecule has 7 heteroatoms. The second-order valence-electron chi connectivity index (χ2n) is 7.02. The van der Waals surface area contributed by atoms with Crippen LogP contribution in [0.15, 0.2) is 53.0 Å². The average molecular weight is 496 g/mol. The smallest absolute Gasteiger partial charge is 0.242 e. The number of amides is 2. The predicted molar refractivity (Wildman–Crippen MR) is 124 cm³/mol. The van der Waals surface area contributed by atoms with E-state index < -0.39 is 6.04 Å². The number of carbonyl (C=O) groups excluding carboxylic acids is 2. The number of carbonyl (C=O) groups is 2. The Balaban J connectivity index is 1.97. The van der Waals surface area contributed by atoms with Crippen LogP contribution in [-0.4, -0.2) is 35.9 Å². The van der Waals surface area contributed by atoms with Crippen molar-refractivity contribution >= 4 is 39.3 Å². The van der Waals surface area contributed by atoms with Crippen LogP contribution in [0.4, 0.5) is 0 Å². The highest BCUT2D eigenvalue weighted by Gasteiger charge is 2.25. The molecule has 0 fully saturated rings. The van der Waals surface area contributed by atoms with Gasteiger partial charge in [-0.1, -0.05) is 46.6 Å². The summed E-state index contributed by atoms with van der Waals surface area (Å²) in [5.74, 6) is 0.497. The Kier molecular flexibility index (Phi) is 10.2. The Morgan fingerprint density at radius 1 is 1.20 bits per heavy atom. The normalized spacial score (nSPS) is 11.6. The molecule has 0 radical (unpaired) electrons. The van der Waals surface area contributed by atoms with E-state index in [4.69, 9.17) is 16.3 Å². The molecule has 5 nitrogen and oxygen atoms in total. The molecule has 0 aliphatic heterocycles. The second kappa shape index (κ2) is 12.6. The van der Waals surface area contributed by atoms with Crippen molar-refractivity contribution in [2.75, 3.05) is 13.2 Å². The van der Waals surface area contributed by atoms with Crippen LogP contribution < -0.4 is 10.1 Å². The Labute approximate surface area is 191 Å². The van der Waals surface area contributed by atoms with E-state index in [1.54, 1.807) is 36.1 Å². The topological polar surface area (TPSA) is 58.6 Å². The van der Waals surface area contributed by atoms with Gasteiger partial charge >= 0.3 is 0 Å². The van der Waals surface area contributed by atoms with E-state index in [1.165, 1.54) is 0 Å². The van der Waals surface area contributed by atoms with Gasteiger partial charge in [0.1, 0.15) is 11.8 Å². The van der Waals surface area contributed by atoms with Crippen LogP contribution in [0, 0.1) is 0 Å². The van der Waals surface area contributed by atoms with Gasteiger partial charge in [-0.2, -0.15) is 0 Å². The number of hydrogen-bond acceptors (Lipinski definition) is 3. The SMILES string of the molecule is CCCNC(=O)[C@H](C)N(Cc1cccc(Br)c1)C(=O)CCCOc1ccc(Cl)cc1. The van der Waals surface area contributed by atoms with Crippen LogP contribution in [0.2, 0.25) is 5.02 Å². The largest absolute Gasteiger partial charge is 0.494 e. The minimum absolute atomic E-state index is 0.0752. The van der Waals surface area contributed by atoms with Crippen LogP contribution >= 0.6 is 27.5 Å². The zero-order valence-corrected chi connectivity index (χ0v) is 19.7. The molecule has 30 heavy (non-hydrogen) atoms. The molecule has 1 N–H and O–H groups in total. The number of rotatable bonds is 11. The van der Waals surface area contributed by atoms with Gasteiger partial charge < -0.3 is 15.0 Å². The number of halogens is 2. The van der Waals surface area contributed by atoms with E-state index in [0.29, 0.717) is 43.3 Å². The zero-order valence-electron chi connectivity index (χ0n) is 17.4. The van der Waals surface area contributed by atoms with Gasteiger partial charge in [-0.05, 0) is 61.7 Å². The fourth-order valence-corrected chi connectivity index (χ4v) is 3.47. The molecule has 2 rings (SSSR count). The van der Waals surface area contributed by atoms with Crippen LogP contribution in [0.1, 0.15) is 38.7 Å². The molecule has 0 heterocycles. The van der Waals surface area contributed by atoms with Crippen molar-refractivity contribution in [3.63, 3.8) is 0 Å². The van der Waals surface area contributed by atoms with E-state index in [0.717, 1.165) is 16.5 Å². The highest BCUT2D eigenvalue weighted by molar-refractivity contribution is 9.10. The fraction of sp³-hybridized carbons (Fsp3) is 0.391.